The first-order chi connectivity index (χ1) is 12.0. The van der Waals surface area contributed by atoms with Gasteiger partial charge in [0, 0.05) is 21.1 Å². The molecule has 1 heterocycles. The van der Waals surface area contributed by atoms with Crippen molar-refractivity contribution in [2.24, 2.45) is 0 Å². The van der Waals surface area contributed by atoms with Crippen molar-refractivity contribution in [3.8, 4) is 0 Å². The molecule has 0 fully saturated rings. The van der Waals surface area contributed by atoms with E-state index < -0.39 is 37.6 Å². The molecule has 0 aliphatic carbocycles. The molecule has 0 aliphatic rings. The topological polar surface area (TPSA) is 230 Å². The van der Waals surface area contributed by atoms with Crippen molar-refractivity contribution in [2.45, 2.75) is 17.9 Å². The molecule has 0 unspecified atom stereocenters. The SMILES string of the molecule is CN(CC(O)(O)O)c1nc(N(C)CC(O)(O)O)nc(N(C)CC(O)(O)O)n1. The summed E-state index contributed by atoms with van der Waals surface area (Å²) in [6.07, 6.45) is 0. The van der Waals surface area contributed by atoms with Crippen LogP contribution in [0.5, 0.6) is 0 Å². The molecule has 156 valence electrons. The summed E-state index contributed by atoms with van der Waals surface area (Å²) in [5.41, 5.74) is 0. The number of likely N-dealkylation sites (N-methyl/N-ethyl adjacent to an activating group) is 3. The maximum Gasteiger partial charge on any atom is 0.294 e. The van der Waals surface area contributed by atoms with Crippen LogP contribution in [-0.2, 0) is 0 Å². The molecule has 0 aromatic carbocycles. The van der Waals surface area contributed by atoms with Crippen LogP contribution < -0.4 is 14.7 Å². The molecule has 0 atom stereocenters. The monoisotopic (exact) mass is 396 g/mol. The summed E-state index contributed by atoms with van der Waals surface area (Å²) < 4.78 is 0. The summed E-state index contributed by atoms with van der Waals surface area (Å²) >= 11 is 0. The first-order valence-corrected chi connectivity index (χ1v) is 7.38. The molecule has 0 saturated heterocycles. The second kappa shape index (κ2) is 7.97. The minimum absolute atomic E-state index is 0.242. The van der Waals surface area contributed by atoms with Crippen molar-refractivity contribution in [3.63, 3.8) is 0 Å². The Morgan fingerprint density at radius 2 is 0.704 bits per heavy atom. The van der Waals surface area contributed by atoms with Gasteiger partial charge in [-0.2, -0.15) is 15.0 Å². The minimum Gasteiger partial charge on any atom is -0.342 e. The fraction of sp³-hybridized carbons (Fsp3) is 0.750. The normalized spacial score (nSPS) is 12.9. The van der Waals surface area contributed by atoms with Crippen LogP contribution in [0.4, 0.5) is 17.8 Å². The summed E-state index contributed by atoms with van der Waals surface area (Å²) in [4.78, 5) is 14.8. The lowest BCUT2D eigenvalue weighted by Gasteiger charge is -2.28. The number of anilines is 3. The molecule has 15 heteroatoms. The standard InChI is InChI=1S/C12H24N6O9/c1-16(4-10(19,20)21)7-13-8(17(2)5-11(22,23)24)15-9(14-7)18(3)6-12(25,26)27/h19-27H,4-6H2,1-3H3. The highest BCUT2D eigenvalue weighted by molar-refractivity contribution is 5.45. The zero-order valence-corrected chi connectivity index (χ0v) is 14.8. The number of hydrogen-bond donors (Lipinski definition) is 9. The van der Waals surface area contributed by atoms with Crippen LogP contribution in [0.2, 0.25) is 0 Å². The van der Waals surface area contributed by atoms with Gasteiger partial charge < -0.3 is 60.7 Å². The molecule has 0 spiro atoms. The summed E-state index contributed by atoms with van der Waals surface area (Å²) in [7, 11) is 3.84. The first-order valence-electron chi connectivity index (χ1n) is 7.38. The smallest absolute Gasteiger partial charge is 0.294 e. The van der Waals surface area contributed by atoms with E-state index in [2.05, 4.69) is 15.0 Å². The minimum atomic E-state index is -3.08. The maximum absolute atomic E-state index is 9.09. The summed E-state index contributed by atoms with van der Waals surface area (Å²) in [5.74, 6) is -9.96. The van der Waals surface area contributed by atoms with E-state index in [1.165, 1.54) is 21.1 Å². The van der Waals surface area contributed by atoms with Gasteiger partial charge >= 0.3 is 0 Å². The predicted octanol–water partition coefficient (Wildman–Crippen LogP) is -5.93. The van der Waals surface area contributed by atoms with Gasteiger partial charge in [0.25, 0.3) is 17.9 Å². The summed E-state index contributed by atoms with van der Waals surface area (Å²) in [5, 5.41) is 81.8. The average molecular weight is 396 g/mol. The first kappa shape index (κ1) is 23.1. The zero-order chi connectivity index (χ0) is 21.2. The van der Waals surface area contributed by atoms with Crippen molar-refractivity contribution < 1.29 is 46.0 Å². The van der Waals surface area contributed by atoms with Crippen LogP contribution in [0.1, 0.15) is 0 Å². The van der Waals surface area contributed by atoms with Gasteiger partial charge in [0.2, 0.25) is 17.8 Å². The Morgan fingerprint density at radius 3 is 0.852 bits per heavy atom. The van der Waals surface area contributed by atoms with E-state index in [0.29, 0.717) is 0 Å². The third-order valence-electron chi connectivity index (χ3n) is 2.97. The molecule has 15 nitrogen and oxygen atoms in total. The number of rotatable bonds is 9. The molecule has 0 amide bonds. The zero-order valence-electron chi connectivity index (χ0n) is 14.8. The van der Waals surface area contributed by atoms with Gasteiger partial charge in [-0.25, -0.2) is 0 Å². The Morgan fingerprint density at radius 1 is 0.519 bits per heavy atom. The van der Waals surface area contributed by atoms with E-state index in [4.69, 9.17) is 46.0 Å². The Labute approximate surface area is 153 Å². The van der Waals surface area contributed by atoms with E-state index in [9.17, 15) is 0 Å². The van der Waals surface area contributed by atoms with Gasteiger partial charge in [-0.1, -0.05) is 0 Å². The van der Waals surface area contributed by atoms with Crippen molar-refractivity contribution >= 4 is 17.8 Å². The predicted molar refractivity (Wildman–Crippen MR) is 87.8 cm³/mol. The van der Waals surface area contributed by atoms with Crippen LogP contribution in [0.15, 0.2) is 0 Å². The lowest BCUT2D eigenvalue weighted by Crippen LogP contribution is -2.44. The molecule has 1 rings (SSSR count). The van der Waals surface area contributed by atoms with E-state index in [-0.39, 0.29) is 17.8 Å². The summed E-state index contributed by atoms with van der Waals surface area (Å²) in [6.45, 7) is -2.26. The molecular formula is C12H24N6O9. The second-order valence-corrected chi connectivity index (χ2v) is 6.13. The lowest BCUT2D eigenvalue weighted by molar-refractivity contribution is -0.303. The Kier molecular flexibility index (Phi) is 6.81. The van der Waals surface area contributed by atoms with E-state index in [1.807, 2.05) is 0 Å². The molecule has 1 aromatic heterocycles. The van der Waals surface area contributed by atoms with Crippen LogP contribution in [0.25, 0.3) is 0 Å². The Hall–Kier alpha value is -1.95. The van der Waals surface area contributed by atoms with Crippen LogP contribution in [0, 0.1) is 0 Å². The van der Waals surface area contributed by atoms with Gasteiger partial charge in [0.1, 0.15) is 19.6 Å². The van der Waals surface area contributed by atoms with Crippen LogP contribution in [-0.4, -0.2) is 120 Å². The third-order valence-corrected chi connectivity index (χ3v) is 2.97. The molecule has 0 aliphatic heterocycles. The highest BCUT2D eigenvalue weighted by Crippen LogP contribution is 2.19. The van der Waals surface area contributed by atoms with Crippen molar-refractivity contribution in [1.82, 2.24) is 15.0 Å². The molecule has 27 heavy (non-hydrogen) atoms. The van der Waals surface area contributed by atoms with Gasteiger partial charge in [-0.15, -0.1) is 0 Å². The molecule has 9 N–H and O–H groups in total. The fourth-order valence-electron chi connectivity index (χ4n) is 2.02. The highest BCUT2D eigenvalue weighted by Gasteiger charge is 2.28. The maximum atomic E-state index is 9.09. The molecular weight excluding hydrogens is 372 g/mol. The highest BCUT2D eigenvalue weighted by atomic mass is 16.7. The second-order valence-electron chi connectivity index (χ2n) is 6.13. The van der Waals surface area contributed by atoms with Crippen molar-refractivity contribution in [1.29, 1.82) is 0 Å². The average Bonchev–Trinajstić information content (AvgIpc) is 2.41. The number of aliphatic hydroxyl groups is 9. The van der Waals surface area contributed by atoms with Crippen molar-refractivity contribution in [2.75, 3.05) is 55.5 Å². The molecule has 0 saturated carbocycles. The molecule has 0 radical (unpaired) electrons. The Balaban J connectivity index is 3.29. The van der Waals surface area contributed by atoms with E-state index in [1.54, 1.807) is 0 Å². The fourth-order valence-corrected chi connectivity index (χ4v) is 2.02. The quantitative estimate of drug-likeness (QED) is 0.177. The molecule has 0 bridgehead atoms. The third kappa shape index (κ3) is 8.52. The van der Waals surface area contributed by atoms with Crippen LogP contribution in [0.3, 0.4) is 0 Å². The van der Waals surface area contributed by atoms with Crippen molar-refractivity contribution in [3.05, 3.63) is 0 Å². The van der Waals surface area contributed by atoms with Gasteiger partial charge in [0.15, 0.2) is 0 Å². The van der Waals surface area contributed by atoms with Gasteiger partial charge in [-0.05, 0) is 0 Å². The number of nitrogens with zero attached hydrogens (tertiary/aromatic N) is 6. The lowest BCUT2D eigenvalue weighted by atomic mass is 10.4. The number of hydrogen-bond acceptors (Lipinski definition) is 15. The largest absolute Gasteiger partial charge is 0.342 e. The van der Waals surface area contributed by atoms with Crippen LogP contribution >= 0.6 is 0 Å². The Bertz CT molecular complexity index is 529. The van der Waals surface area contributed by atoms with E-state index in [0.717, 1.165) is 14.7 Å². The summed E-state index contributed by atoms with van der Waals surface area (Å²) in [6, 6.07) is 0. The number of aromatic nitrogens is 3. The van der Waals surface area contributed by atoms with E-state index >= 15 is 0 Å². The van der Waals surface area contributed by atoms with Gasteiger partial charge in [-0.3, -0.25) is 0 Å². The molecule has 1 aromatic rings. The van der Waals surface area contributed by atoms with Gasteiger partial charge in [0.05, 0.1) is 0 Å².